The quantitative estimate of drug-likeness (QED) is 0.483. The summed E-state index contributed by atoms with van der Waals surface area (Å²) >= 11 is 0. The molecule has 0 amide bonds. The van der Waals surface area contributed by atoms with Crippen molar-refractivity contribution in [1.29, 1.82) is 0 Å². The van der Waals surface area contributed by atoms with Gasteiger partial charge in [0.1, 0.15) is 0 Å². The number of hydrogen-bond acceptors (Lipinski definition) is 0. The third kappa shape index (κ3) is 3.43. The summed E-state index contributed by atoms with van der Waals surface area (Å²) in [5, 5.41) is 0. The van der Waals surface area contributed by atoms with Crippen LogP contribution in [0, 0.1) is 6.07 Å². The molecule has 3 aromatic carbocycles. The fraction of sp³-hybridized carbons (Fsp3) is 0.250. The lowest BCUT2D eigenvalue weighted by Crippen LogP contribution is -1.97. The molecule has 0 aromatic heterocycles. The van der Waals surface area contributed by atoms with Crippen molar-refractivity contribution in [3.63, 3.8) is 0 Å². The van der Waals surface area contributed by atoms with Gasteiger partial charge in [0.05, 0.1) is 0 Å². The van der Waals surface area contributed by atoms with E-state index in [0.29, 0.717) is 11.8 Å². The molecule has 0 N–H and O–H groups in total. The molecule has 0 saturated carbocycles. The summed E-state index contributed by atoms with van der Waals surface area (Å²) in [6.07, 6.45) is 0. The molecule has 0 bridgehead atoms. The monoisotopic (exact) mass is 313 g/mol. The van der Waals surface area contributed by atoms with Gasteiger partial charge in [0.25, 0.3) is 0 Å². The maximum atomic E-state index is 3.44. The molecule has 1 radical (unpaired) electrons. The van der Waals surface area contributed by atoms with Crippen LogP contribution in [0.2, 0.25) is 0 Å². The molecule has 0 unspecified atom stereocenters. The topological polar surface area (TPSA) is 0 Å². The van der Waals surface area contributed by atoms with E-state index in [1.54, 1.807) is 0 Å². The molecule has 0 nitrogen and oxygen atoms in total. The molecule has 0 aliphatic rings. The van der Waals surface area contributed by atoms with Gasteiger partial charge >= 0.3 is 0 Å². The minimum atomic E-state index is 0.493. The van der Waals surface area contributed by atoms with E-state index in [1.165, 1.54) is 33.4 Å². The van der Waals surface area contributed by atoms with Crippen LogP contribution in [0.15, 0.2) is 66.7 Å². The highest BCUT2D eigenvalue weighted by molar-refractivity contribution is 5.75. The molecule has 3 aromatic rings. The van der Waals surface area contributed by atoms with Crippen LogP contribution in [-0.2, 0) is 0 Å². The Hall–Kier alpha value is -2.34. The van der Waals surface area contributed by atoms with Crippen LogP contribution >= 0.6 is 0 Å². The largest absolute Gasteiger partial charge is 0.0622 e. The molecule has 0 aliphatic carbocycles. The van der Waals surface area contributed by atoms with Gasteiger partial charge in [-0.05, 0) is 57.3 Å². The first-order valence-corrected chi connectivity index (χ1v) is 8.77. The van der Waals surface area contributed by atoms with E-state index in [4.69, 9.17) is 0 Å². The summed E-state index contributed by atoms with van der Waals surface area (Å²) in [6.45, 7) is 9.04. The average Bonchev–Trinajstić information content (AvgIpc) is 2.62. The highest BCUT2D eigenvalue weighted by Gasteiger charge is 2.12. The van der Waals surface area contributed by atoms with Crippen LogP contribution in [0.3, 0.4) is 0 Å². The van der Waals surface area contributed by atoms with Crippen molar-refractivity contribution in [2.75, 3.05) is 0 Å². The summed E-state index contributed by atoms with van der Waals surface area (Å²) in [6, 6.07) is 27.3. The molecule has 0 atom stereocenters. The maximum absolute atomic E-state index is 3.44. The predicted molar refractivity (Wildman–Crippen MR) is 104 cm³/mol. The Kier molecular flexibility index (Phi) is 4.85. The van der Waals surface area contributed by atoms with Crippen LogP contribution in [0.1, 0.15) is 50.7 Å². The summed E-state index contributed by atoms with van der Waals surface area (Å²) < 4.78 is 0. The van der Waals surface area contributed by atoms with Crippen molar-refractivity contribution in [1.82, 2.24) is 0 Å². The normalized spacial score (nSPS) is 11.2. The summed E-state index contributed by atoms with van der Waals surface area (Å²) in [5.41, 5.74) is 7.77. The second kappa shape index (κ2) is 7.05. The van der Waals surface area contributed by atoms with E-state index in [1.807, 2.05) is 6.07 Å². The molecule has 24 heavy (non-hydrogen) atoms. The lowest BCUT2D eigenvalue weighted by Gasteiger charge is -2.17. The Labute approximate surface area is 146 Å². The fourth-order valence-electron chi connectivity index (χ4n) is 3.10. The Balaban J connectivity index is 2.09. The van der Waals surface area contributed by atoms with E-state index in [0.717, 1.165) is 0 Å². The van der Waals surface area contributed by atoms with Crippen molar-refractivity contribution in [3.8, 4) is 22.3 Å². The average molecular weight is 313 g/mol. The van der Waals surface area contributed by atoms with Crippen molar-refractivity contribution >= 4 is 0 Å². The summed E-state index contributed by atoms with van der Waals surface area (Å²) in [7, 11) is 0. The lowest BCUT2D eigenvalue weighted by atomic mass is 9.88. The fourth-order valence-corrected chi connectivity index (χ4v) is 3.10. The van der Waals surface area contributed by atoms with Crippen molar-refractivity contribution in [2.45, 2.75) is 39.5 Å². The van der Waals surface area contributed by atoms with Gasteiger partial charge in [-0.15, -0.1) is 0 Å². The van der Waals surface area contributed by atoms with E-state index >= 15 is 0 Å². The van der Waals surface area contributed by atoms with Gasteiger partial charge in [-0.3, -0.25) is 0 Å². The van der Waals surface area contributed by atoms with Crippen LogP contribution in [-0.4, -0.2) is 0 Å². The molecule has 0 heteroatoms. The molecular weight excluding hydrogens is 288 g/mol. The van der Waals surface area contributed by atoms with Gasteiger partial charge in [0, 0.05) is 0 Å². The van der Waals surface area contributed by atoms with Gasteiger partial charge in [-0.2, -0.15) is 0 Å². The maximum Gasteiger partial charge on any atom is -0.00961 e. The van der Waals surface area contributed by atoms with Crippen LogP contribution < -0.4 is 0 Å². The predicted octanol–water partition coefficient (Wildman–Crippen LogP) is 7.07. The van der Waals surface area contributed by atoms with Gasteiger partial charge in [0.15, 0.2) is 0 Å². The highest BCUT2D eigenvalue weighted by atomic mass is 14.2. The molecule has 0 saturated heterocycles. The second-order valence-electron chi connectivity index (χ2n) is 7.01. The standard InChI is InChI=1S/C24H25/c1-17(2)20-13-14-23(24(16-20)18(3)4)22-12-8-11-21(15-22)19-9-6-5-7-10-19/h5-11,13-18H,1-4H3. The third-order valence-corrected chi connectivity index (χ3v) is 4.56. The van der Waals surface area contributed by atoms with E-state index in [-0.39, 0.29) is 0 Å². The minimum Gasteiger partial charge on any atom is -0.0622 e. The zero-order chi connectivity index (χ0) is 17.1. The van der Waals surface area contributed by atoms with Gasteiger partial charge in [0.2, 0.25) is 0 Å². The Bertz CT molecular complexity index is 810. The van der Waals surface area contributed by atoms with Crippen molar-refractivity contribution in [2.24, 2.45) is 0 Å². The molecule has 0 aliphatic heterocycles. The van der Waals surface area contributed by atoms with Gasteiger partial charge in [-0.25, -0.2) is 0 Å². The Morgan fingerprint density at radius 3 is 2.12 bits per heavy atom. The smallest absolute Gasteiger partial charge is 0.00961 e. The number of rotatable bonds is 4. The minimum absolute atomic E-state index is 0.493. The first-order chi connectivity index (χ1) is 11.6. The highest BCUT2D eigenvalue weighted by Crippen LogP contribution is 2.33. The number of benzene rings is 3. The van der Waals surface area contributed by atoms with E-state index < -0.39 is 0 Å². The first kappa shape index (κ1) is 16.5. The van der Waals surface area contributed by atoms with Crippen LogP contribution in [0.4, 0.5) is 0 Å². The van der Waals surface area contributed by atoms with Gasteiger partial charge < -0.3 is 0 Å². The summed E-state index contributed by atoms with van der Waals surface area (Å²) in [4.78, 5) is 0. The van der Waals surface area contributed by atoms with Crippen LogP contribution in [0.5, 0.6) is 0 Å². The van der Waals surface area contributed by atoms with Crippen molar-refractivity contribution in [3.05, 3.63) is 83.9 Å². The van der Waals surface area contributed by atoms with Gasteiger partial charge in [-0.1, -0.05) is 88.4 Å². The zero-order valence-electron chi connectivity index (χ0n) is 15.0. The van der Waals surface area contributed by atoms with Crippen LogP contribution in [0.25, 0.3) is 22.3 Å². The second-order valence-corrected chi connectivity index (χ2v) is 7.01. The molecule has 121 valence electrons. The van der Waals surface area contributed by atoms with E-state index in [9.17, 15) is 0 Å². The molecule has 0 heterocycles. The molecule has 0 fully saturated rings. The van der Waals surface area contributed by atoms with Crippen molar-refractivity contribution < 1.29 is 0 Å². The number of hydrogen-bond donors (Lipinski definition) is 0. The summed E-state index contributed by atoms with van der Waals surface area (Å²) in [5.74, 6) is 1.05. The SMILES string of the molecule is CC(C)c1ccc(-c2[c]ccc(-c3ccccc3)c2)c(C(C)C)c1. The molecule has 3 rings (SSSR count). The Morgan fingerprint density at radius 1 is 0.708 bits per heavy atom. The molecular formula is C24H25. The lowest BCUT2D eigenvalue weighted by molar-refractivity contribution is 0.835. The first-order valence-electron chi connectivity index (χ1n) is 8.77. The Morgan fingerprint density at radius 2 is 1.46 bits per heavy atom. The zero-order valence-corrected chi connectivity index (χ0v) is 15.0. The third-order valence-electron chi connectivity index (χ3n) is 4.56. The van der Waals surface area contributed by atoms with E-state index in [2.05, 4.69) is 94.4 Å². The molecule has 0 spiro atoms.